The van der Waals surface area contributed by atoms with Crippen molar-refractivity contribution in [1.82, 2.24) is 9.78 Å². The molecule has 4 rings (SSSR count). The Morgan fingerprint density at radius 1 is 1.00 bits per heavy atom. The number of nitrogens with one attached hydrogen (secondary N) is 1. The predicted molar refractivity (Wildman–Crippen MR) is 153 cm³/mol. The van der Waals surface area contributed by atoms with Gasteiger partial charge in [-0.3, -0.25) is 9.59 Å². The van der Waals surface area contributed by atoms with Crippen LogP contribution >= 0.6 is 11.6 Å². The molecule has 2 N–H and O–H groups in total. The lowest BCUT2D eigenvalue weighted by molar-refractivity contribution is 0.0696. The molecule has 0 saturated carbocycles. The second-order valence-corrected chi connectivity index (χ2v) is 9.44. The van der Waals surface area contributed by atoms with Gasteiger partial charge in [0.15, 0.2) is 5.78 Å². The van der Waals surface area contributed by atoms with Crippen molar-refractivity contribution in [1.29, 1.82) is 0 Å². The minimum absolute atomic E-state index is 0.139. The third-order valence-electron chi connectivity index (χ3n) is 6.30. The molecule has 0 aliphatic carbocycles. The van der Waals surface area contributed by atoms with Gasteiger partial charge in [-0.05, 0) is 60.0 Å². The molecule has 0 amide bonds. The van der Waals surface area contributed by atoms with E-state index in [1.54, 1.807) is 30.3 Å². The quantitative estimate of drug-likeness (QED) is 0.232. The summed E-state index contributed by atoms with van der Waals surface area (Å²) in [6.07, 6.45) is 0.477. The summed E-state index contributed by atoms with van der Waals surface area (Å²) in [7, 11) is 2.87. The number of benzene rings is 3. The van der Waals surface area contributed by atoms with Gasteiger partial charge in [-0.25, -0.2) is 9.48 Å². The van der Waals surface area contributed by atoms with Crippen LogP contribution in [-0.2, 0) is 11.2 Å². The van der Waals surface area contributed by atoms with Gasteiger partial charge in [0.2, 0.25) is 5.88 Å². The summed E-state index contributed by atoms with van der Waals surface area (Å²) in [6, 6.07) is 21.8. The molecule has 40 heavy (non-hydrogen) atoms. The van der Waals surface area contributed by atoms with Gasteiger partial charge < -0.3 is 19.9 Å². The van der Waals surface area contributed by atoms with Crippen LogP contribution < -0.4 is 15.6 Å². The van der Waals surface area contributed by atoms with Crippen LogP contribution in [0.4, 0.5) is 5.69 Å². The van der Waals surface area contributed by atoms with Crippen molar-refractivity contribution in [2.75, 3.05) is 32.7 Å². The number of aromatic nitrogens is 2. The lowest BCUT2D eigenvalue weighted by Gasteiger charge is -2.22. The standard InChI is InChI=1S/C30H28ClN3O6/c1-39-18-27(35)24-13-10-21(31)15-25(24)26-16-28(36)34(33-29(26)40-2)23(14-19-6-4-3-5-7-19)17-32-22-11-8-20(9-12-22)30(37)38/h3-13,15-16,23,32H,14,17-18H2,1-2H3,(H,37,38)/t23-/m0/s1. The van der Waals surface area contributed by atoms with Crippen LogP contribution in [0.15, 0.2) is 83.7 Å². The van der Waals surface area contributed by atoms with Gasteiger partial charge in [-0.15, -0.1) is 5.10 Å². The van der Waals surface area contributed by atoms with Gasteiger partial charge in [0, 0.05) is 36.0 Å². The minimum Gasteiger partial charge on any atom is -0.480 e. The smallest absolute Gasteiger partial charge is 0.335 e. The Balaban J connectivity index is 1.74. The van der Waals surface area contributed by atoms with Crippen molar-refractivity contribution in [3.05, 3.63) is 111 Å². The summed E-state index contributed by atoms with van der Waals surface area (Å²) < 4.78 is 12.0. The first-order valence-electron chi connectivity index (χ1n) is 12.4. The molecule has 0 aliphatic heterocycles. The van der Waals surface area contributed by atoms with Crippen LogP contribution in [0.3, 0.4) is 0 Å². The third-order valence-corrected chi connectivity index (χ3v) is 6.53. The van der Waals surface area contributed by atoms with Crippen molar-refractivity contribution in [2.24, 2.45) is 0 Å². The van der Waals surface area contributed by atoms with E-state index in [0.29, 0.717) is 40.4 Å². The van der Waals surface area contributed by atoms with E-state index in [1.165, 1.54) is 37.1 Å². The average Bonchev–Trinajstić information content (AvgIpc) is 2.96. The van der Waals surface area contributed by atoms with E-state index in [2.05, 4.69) is 10.4 Å². The van der Waals surface area contributed by atoms with Crippen LogP contribution in [0.2, 0.25) is 5.02 Å². The molecule has 1 aromatic heterocycles. The molecule has 0 radical (unpaired) electrons. The Morgan fingerprint density at radius 3 is 2.38 bits per heavy atom. The maximum absolute atomic E-state index is 13.5. The van der Waals surface area contributed by atoms with Gasteiger partial charge in [-0.2, -0.15) is 0 Å². The third kappa shape index (κ3) is 6.74. The number of halogens is 1. The number of rotatable bonds is 12. The van der Waals surface area contributed by atoms with Gasteiger partial charge in [0.25, 0.3) is 5.56 Å². The summed E-state index contributed by atoms with van der Waals surface area (Å²) in [5.74, 6) is -1.14. The van der Waals surface area contributed by atoms with E-state index in [-0.39, 0.29) is 23.8 Å². The Kier molecular flexibility index (Phi) is 9.31. The van der Waals surface area contributed by atoms with E-state index in [4.69, 9.17) is 26.2 Å². The normalized spacial score (nSPS) is 11.6. The minimum atomic E-state index is -1.01. The zero-order chi connectivity index (χ0) is 28.6. The Morgan fingerprint density at radius 2 is 1.73 bits per heavy atom. The number of Topliss-reactive ketones (excluding diaryl/α,β-unsaturated/α-hetero) is 1. The molecule has 0 saturated heterocycles. The number of carboxylic acid groups (broad SMARTS) is 1. The van der Waals surface area contributed by atoms with E-state index >= 15 is 0 Å². The molecule has 0 fully saturated rings. The van der Waals surface area contributed by atoms with Crippen LogP contribution in [0.5, 0.6) is 5.88 Å². The van der Waals surface area contributed by atoms with E-state index in [9.17, 15) is 14.4 Å². The fourth-order valence-electron chi connectivity index (χ4n) is 4.35. The highest BCUT2D eigenvalue weighted by Crippen LogP contribution is 2.32. The van der Waals surface area contributed by atoms with Gasteiger partial charge in [0.05, 0.1) is 24.3 Å². The van der Waals surface area contributed by atoms with Crippen molar-refractivity contribution >= 4 is 29.0 Å². The fraction of sp³-hybridized carbons (Fsp3) is 0.200. The zero-order valence-electron chi connectivity index (χ0n) is 22.0. The number of carbonyl (C=O) groups excluding carboxylic acids is 1. The molecule has 10 heteroatoms. The number of ether oxygens (including phenoxy) is 2. The molecule has 9 nitrogen and oxygen atoms in total. The summed E-state index contributed by atoms with van der Waals surface area (Å²) in [5.41, 5.74) is 2.55. The molecular formula is C30H28ClN3O6. The van der Waals surface area contributed by atoms with Crippen molar-refractivity contribution in [2.45, 2.75) is 12.5 Å². The number of aromatic carboxylic acids is 1. The number of nitrogens with zero attached hydrogens (tertiary/aromatic N) is 2. The zero-order valence-corrected chi connectivity index (χ0v) is 22.7. The first kappa shape index (κ1) is 28.5. The van der Waals surface area contributed by atoms with E-state index in [0.717, 1.165) is 5.56 Å². The van der Waals surface area contributed by atoms with Crippen LogP contribution in [-0.4, -0.2) is 54.0 Å². The number of ketones is 1. The van der Waals surface area contributed by atoms with Crippen LogP contribution in [0.25, 0.3) is 11.1 Å². The lowest BCUT2D eigenvalue weighted by atomic mass is 9.98. The average molecular weight is 562 g/mol. The molecule has 1 heterocycles. The first-order chi connectivity index (χ1) is 19.3. The summed E-state index contributed by atoms with van der Waals surface area (Å²) in [5, 5.41) is 17.4. The molecule has 0 spiro atoms. The van der Waals surface area contributed by atoms with E-state index < -0.39 is 17.6 Å². The number of carboxylic acids is 1. The first-order valence-corrected chi connectivity index (χ1v) is 12.8. The van der Waals surface area contributed by atoms with Crippen molar-refractivity contribution in [3.8, 4) is 17.0 Å². The van der Waals surface area contributed by atoms with Gasteiger partial charge >= 0.3 is 5.97 Å². The molecule has 1 atom stereocenters. The van der Waals surface area contributed by atoms with Crippen LogP contribution in [0.1, 0.15) is 32.3 Å². The van der Waals surface area contributed by atoms with Crippen molar-refractivity contribution < 1.29 is 24.2 Å². The number of hydrogen-bond acceptors (Lipinski definition) is 7. The molecule has 0 bridgehead atoms. The highest BCUT2D eigenvalue weighted by molar-refractivity contribution is 6.31. The number of carbonyl (C=O) groups is 2. The number of anilines is 1. The largest absolute Gasteiger partial charge is 0.480 e. The Bertz CT molecular complexity index is 1550. The molecular weight excluding hydrogens is 534 g/mol. The summed E-state index contributed by atoms with van der Waals surface area (Å²) >= 11 is 6.25. The highest BCUT2D eigenvalue weighted by atomic mass is 35.5. The van der Waals surface area contributed by atoms with Crippen molar-refractivity contribution in [3.63, 3.8) is 0 Å². The van der Waals surface area contributed by atoms with Gasteiger partial charge in [0.1, 0.15) is 6.61 Å². The summed E-state index contributed by atoms with van der Waals surface area (Å²) in [4.78, 5) is 37.5. The fourth-order valence-corrected chi connectivity index (χ4v) is 4.52. The molecule has 4 aromatic rings. The molecule has 0 aliphatic rings. The maximum atomic E-state index is 13.5. The van der Waals surface area contributed by atoms with E-state index in [1.807, 2.05) is 30.3 Å². The molecule has 0 unspecified atom stereocenters. The number of methoxy groups -OCH3 is 2. The molecule has 3 aromatic carbocycles. The lowest BCUT2D eigenvalue weighted by Crippen LogP contribution is -2.33. The SMILES string of the molecule is COCC(=O)c1ccc(Cl)cc1-c1cc(=O)n([C@H](CNc2ccc(C(=O)O)cc2)Cc2ccccc2)nc1OC. The molecule has 206 valence electrons. The Hall–Kier alpha value is -4.47. The second kappa shape index (κ2) is 13.1. The maximum Gasteiger partial charge on any atom is 0.335 e. The monoisotopic (exact) mass is 561 g/mol. The Labute approximate surface area is 235 Å². The second-order valence-electron chi connectivity index (χ2n) is 9.00. The summed E-state index contributed by atoms with van der Waals surface area (Å²) in [6.45, 7) is 0.172. The van der Waals surface area contributed by atoms with Gasteiger partial charge in [-0.1, -0.05) is 41.9 Å². The van der Waals surface area contributed by atoms with Crippen LogP contribution in [0, 0.1) is 0 Å². The topological polar surface area (TPSA) is 120 Å². The predicted octanol–water partition coefficient (Wildman–Crippen LogP) is 5.00. The highest BCUT2D eigenvalue weighted by Gasteiger charge is 2.22. The number of hydrogen-bond donors (Lipinski definition) is 2.